The summed E-state index contributed by atoms with van der Waals surface area (Å²) in [6.45, 7) is 6.97. The van der Waals surface area contributed by atoms with Crippen LogP contribution in [0.3, 0.4) is 0 Å². The predicted octanol–water partition coefficient (Wildman–Crippen LogP) is 7.16. The average molecular weight is 1240 g/mol. The number of amides is 7. The van der Waals surface area contributed by atoms with Gasteiger partial charge in [-0.25, -0.2) is 4.79 Å². The number of aryl methyl sites for hydroxylation is 1. The van der Waals surface area contributed by atoms with Gasteiger partial charge in [0.15, 0.2) is 17.8 Å². The molecule has 484 valence electrons. The lowest BCUT2D eigenvalue weighted by molar-refractivity contribution is -0.188. The van der Waals surface area contributed by atoms with E-state index in [1.807, 2.05) is 56.3 Å². The van der Waals surface area contributed by atoms with Crippen molar-refractivity contribution >= 4 is 58.8 Å². The lowest BCUT2D eigenvalue weighted by Crippen LogP contribution is -2.58. The van der Waals surface area contributed by atoms with Gasteiger partial charge in [-0.3, -0.25) is 38.4 Å². The van der Waals surface area contributed by atoms with Crippen LogP contribution in [0.4, 0.5) is 5.69 Å². The molecule has 0 aromatic heterocycles. The fourth-order valence-electron chi connectivity index (χ4n) is 11.8. The minimum atomic E-state index is -1.59. The fourth-order valence-corrected chi connectivity index (χ4v) is 11.8. The number of piperidine rings is 1. The van der Waals surface area contributed by atoms with Crippen molar-refractivity contribution in [2.45, 2.75) is 147 Å². The van der Waals surface area contributed by atoms with Crippen LogP contribution in [0.2, 0.25) is 0 Å². The number of hydrogen-bond donors (Lipinski definition) is 3. The second-order valence-corrected chi connectivity index (χ2v) is 24.6. The number of esters is 1. The molecule has 7 amide bonds. The monoisotopic (exact) mass is 1240 g/mol. The number of Topliss-reactive ketones (excluding diaryl/α,β-unsaturated/α-hetero) is 1. The molecule has 2 unspecified atom stereocenters. The largest absolute Gasteiger partial charge is 0.493 e. The van der Waals surface area contributed by atoms with Gasteiger partial charge in [0.2, 0.25) is 41.2 Å². The first-order valence-electron chi connectivity index (χ1n) is 31.1. The lowest BCUT2D eigenvalue weighted by Gasteiger charge is -2.40. The van der Waals surface area contributed by atoms with Crippen molar-refractivity contribution in [3.63, 3.8) is 0 Å². The second-order valence-electron chi connectivity index (χ2n) is 24.6. The fraction of sp³-hybridized carbons (Fsp3) is 0.493. The maximum atomic E-state index is 15.2. The highest BCUT2D eigenvalue weighted by Gasteiger charge is 2.45. The number of rotatable bonds is 10. The Balaban J connectivity index is 1.20. The van der Waals surface area contributed by atoms with Crippen molar-refractivity contribution in [2.24, 2.45) is 11.3 Å². The van der Waals surface area contributed by atoms with Gasteiger partial charge < -0.3 is 59.2 Å². The van der Waals surface area contributed by atoms with Gasteiger partial charge in [0.05, 0.1) is 31.8 Å². The van der Waals surface area contributed by atoms with Crippen molar-refractivity contribution in [3.8, 4) is 11.5 Å². The molecule has 2 saturated heterocycles. The van der Waals surface area contributed by atoms with Crippen LogP contribution < -0.4 is 20.1 Å². The molecule has 0 aliphatic carbocycles. The number of anilines is 1. The average Bonchev–Trinajstić information content (AvgIpc) is 1.52. The standard InChI is InChI=1S/C69H89N7O14/c1-45(2)40-53-63(81)72(5)37-18-17-30-60(79)89-44-69(3,4)62(80)67(85)76-38-19-16-28-52(76)68(86)90-55(33-31-47-32-34-56(87-8)57(42-47)88-9)49-26-20-27-50(43-49)70-58(77)35-36-59(78)71-61(48-24-14-11-15-25-48)66(84)74(7)54(41-46-22-12-10-13-23-46)65(83)75-39-21-29-51(75)64(82)73(53)6/h10-15,17,20,22-27,30,32,34,42-43,45,51-55,61,68,86H,16,18-19,21,28-29,31,33,35-41,44H2,1-9H3,(H,70,77)(H,71,78)/t51-,52?,53+,54+,55-,61+,68?/m1/s1. The number of aliphatic hydroxyl groups excluding tert-OH is 1. The van der Waals surface area contributed by atoms with Gasteiger partial charge in [-0.15, -0.1) is 0 Å². The lowest BCUT2D eigenvalue weighted by atomic mass is 9.87. The van der Waals surface area contributed by atoms with Crippen LogP contribution in [0.5, 0.6) is 11.5 Å². The maximum absolute atomic E-state index is 15.2. The van der Waals surface area contributed by atoms with Crippen LogP contribution in [0.15, 0.2) is 115 Å². The van der Waals surface area contributed by atoms with Gasteiger partial charge in [0.25, 0.3) is 5.91 Å². The molecule has 4 aromatic carbocycles. The quantitative estimate of drug-likeness (QED) is 0.105. The van der Waals surface area contributed by atoms with E-state index in [1.165, 1.54) is 71.8 Å². The SMILES string of the molecule is COc1ccc(CC[C@H]2OC(O)C3CCCCN3C(=O)C(=O)C(C)(C)COC(=O)C=CCCN(C)C(=O)[C@H](CC(C)C)N(C)C(=O)[C@H]3CCCN3C(=O)[C@H](Cc3ccccc3)N(C)C(=O)[C@H](c3ccccc3)NC(=O)CCC(=O)Nc3cccc2c3)cc1OC. The van der Waals surface area contributed by atoms with Gasteiger partial charge in [-0.05, 0) is 124 Å². The highest BCUT2D eigenvalue weighted by molar-refractivity contribution is 6.38. The van der Waals surface area contributed by atoms with Crippen LogP contribution in [-0.4, -0.2) is 175 Å². The molecule has 90 heavy (non-hydrogen) atoms. The highest BCUT2D eigenvalue weighted by Crippen LogP contribution is 2.34. The van der Waals surface area contributed by atoms with Gasteiger partial charge in [0, 0.05) is 71.8 Å². The van der Waals surface area contributed by atoms with Gasteiger partial charge in [-0.1, -0.05) is 98.8 Å². The number of ketones is 1. The summed E-state index contributed by atoms with van der Waals surface area (Å²) < 4.78 is 23.1. The van der Waals surface area contributed by atoms with Gasteiger partial charge in [-0.2, -0.15) is 0 Å². The number of hydrogen-bond acceptors (Lipinski definition) is 14. The Morgan fingerprint density at radius 2 is 1.33 bits per heavy atom. The van der Waals surface area contributed by atoms with Crippen molar-refractivity contribution in [1.29, 1.82) is 0 Å². The molecule has 2 fully saturated rings. The number of carbonyl (C=O) groups excluding carboxylic acids is 9. The molecule has 4 aromatic rings. The molecular weight excluding hydrogens is 1150 g/mol. The van der Waals surface area contributed by atoms with Crippen LogP contribution >= 0.6 is 0 Å². The Morgan fingerprint density at radius 1 is 0.667 bits per heavy atom. The molecule has 0 radical (unpaired) electrons. The predicted molar refractivity (Wildman–Crippen MR) is 337 cm³/mol. The molecule has 21 heteroatoms. The Kier molecular flexibility index (Phi) is 24.8. The van der Waals surface area contributed by atoms with Gasteiger partial charge >= 0.3 is 5.97 Å². The molecule has 3 heterocycles. The minimum absolute atomic E-state index is 0.0227. The Labute approximate surface area is 528 Å². The third kappa shape index (κ3) is 18.1. The van der Waals surface area contributed by atoms with E-state index in [0.29, 0.717) is 73.3 Å². The zero-order valence-electron chi connectivity index (χ0n) is 53.4. The third-order valence-electron chi connectivity index (χ3n) is 17.0. The zero-order chi connectivity index (χ0) is 65.2. The van der Waals surface area contributed by atoms with Crippen LogP contribution in [0.1, 0.15) is 126 Å². The summed E-state index contributed by atoms with van der Waals surface area (Å²) in [5.74, 6) is -4.47. The van der Waals surface area contributed by atoms with Gasteiger partial charge in [0.1, 0.15) is 30.8 Å². The number of fused-ring (bicyclic) bond motifs is 4. The molecule has 3 aliphatic heterocycles. The van der Waals surface area contributed by atoms with Crippen molar-refractivity contribution < 1.29 is 67.2 Å². The van der Waals surface area contributed by atoms with E-state index >= 15 is 9.59 Å². The topological polar surface area (TPSA) is 251 Å². The molecule has 3 N–H and O–H groups in total. The summed E-state index contributed by atoms with van der Waals surface area (Å²) in [6.07, 6.45) is 3.25. The van der Waals surface area contributed by atoms with Crippen LogP contribution in [0, 0.1) is 11.3 Å². The molecule has 7 rings (SSSR count). The van der Waals surface area contributed by atoms with E-state index in [1.54, 1.807) is 74.8 Å². The third-order valence-corrected chi connectivity index (χ3v) is 17.0. The number of nitrogens with one attached hydrogen (secondary N) is 2. The number of aliphatic hydroxyl groups is 1. The number of carbonyl (C=O) groups is 9. The van der Waals surface area contributed by atoms with E-state index < -0.39 is 102 Å². The summed E-state index contributed by atoms with van der Waals surface area (Å²) in [5.41, 5.74) is 1.46. The summed E-state index contributed by atoms with van der Waals surface area (Å²) in [7, 11) is 7.74. The number of benzene rings is 4. The maximum Gasteiger partial charge on any atom is 0.330 e. The first kappa shape index (κ1) is 69.1. The summed E-state index contributed by atoms with van der Waals surface area (Å²) >= 11 is 0. The van der Waals surface area contributed by atoms with E-state index in [4.69, 9.17) is 18.9 Å². The normalized spacial score (nSPS) is 23.9. The summed E-state index contributed by atoms with van der Waals surface area (Å²) in [5, 5.41) is 17.8. The van der Waals surface area contributed by atoms with Crippen LogP contribution in [-0.2, 0) is 65.5 Å². The molecule has 7 atom stereocenters. The number of nitrogens with zero attached hydrogens (tertiary/aromatic N) is 5. The number of methoxy groups -OCH3 is 2. The van der Waals surface area contributed by atoms with Crippen molar-refractivity contribution in [3.05, 3.63) is 138 Å². The molecule has 21 nitrogen and oxygen atoms in total. The first-order chi connectivity index (χ1) is 43.0. The summed E-state index contributed by atoms with van der Waals surface area (Å²) in [6, 6.07) is 24.8. The Bertz CT molecular complexity index is 3190. The van der Waals surface area contributed by atoms with E-state index in [9.17, 15) is 38.7 Å². The van der Waals surface area contributed by atoms with E-state index in [0.717, 1.165) is 11.1 Å². The number of likely N-dealkylation sites (N-methyl/N-ethyl adjacent to an activating group) is 3. The minimum Gasteiger partial charge on any atom is -0.493 e. The number of ether oxygens (including phenoxy) is 4. The molecular formula is C69H89N7O14. The van der Waals surface area contributed by atoms with Crippen LogP contribution in [0.25, 0.3) is 0 Å². The first-order valence-corrected chi connectivity index (χ1v) is 31.1. The van der Waals surface area contributed by atoms with E-state index in [-0.39, 0.29) is 63.6 Å². The van der Waals surface area contributed by atoms with Crippen molar-refractivity contribution in [1.82, 2.24) is 29.8 Å². The van der Waals surface area contributed by atoms with E-state index in [2.05, 4.69) is 10.6 Å². The molecule has 0 saturated carbocycles. The van der Waals surface area contributed by atoms with Crippen molar-refractivity contribution in [2.75, 3.05) is 66.9 Å². The smallest absolute Gasteiger partial charge is 0.330 e. The number of cyclic esters (lactones) is 1. The molecule has 3 aliphatic rings. The molecule has 0 spiro atoms. The highest BCUT2D eigenvalue weighted by atomic mass is 16.6. The molecule has 2 bridgehead atoms. The zero-order valence-corrected chi connectivity index (χ0v) is 53.4. The Morgan fingerprint density at radius 3 is 2.03 bits per heavy atom. The second kappa shape index (κ2) is 32.4. The summed E-state index contributed by atoms with van der Waals surface area (Å²) in [4.78, 5) is 136. The Hall–Kier alpha value is -8.43.